The number of nitrogens with zero attached hydrogens (tertiary/aromatic N) is 8. The van der Waals surface area contributed by atoms with Crippen molar-refractivity contribution < 1.29 is 4.79 Å². The summed E-state index contributed by atoms with van der Waals surface area (Å²) in [7, 11) is 5.40. The second kappa shape index (κ2) is 10.9. The maximum atomic E-state index is 12.0. The quantitative estimate of drug-likeness (QED) is 0.339. The Morgan fingerprint density at radius 2 is 1.97 bits per heavy atom. The van der Waals surface area contributed by atoms with Gasteiger partial charge >= 0.3 is 0 Å². The highest BCUT2D eigenvalue weighted by Gasteiger charge is 2.27. The third kappa shape index (κ3) is 5.28. The number of nitrogens with two attached hydrogens (primary N) is 1. The zero-order valence-electron chi connectivity index (χ0n) is 22.6. The van der Waals surface area contributed by atoms with E-state index < -0.39 is 0 Å². The summed E-state index contributed by atoms with van der Waals surface area (Å²) in [6.07, 6.45) is 8.63. The predicted octanol–water partition coefficient (Wildman–Crippen LogP) is 3.06. The molecule has 3 N–H and O–H groups in total. The van der Waals surface area contributed by atoms with E-state index in [2.05, 4.69) is 32.5 Å². The van der Waals surface area contributed by atoms with Crippen molar-refractivity contribution in [3.05, 3.63) is 65.7 Å². The third-order valence-corrected chi connectivity index (χ3v) is 6.61. The highest BCUT2D eigenvalue weighted by Crippen LogP contribution is 2.39. The van der Waals surface area contributed by atoms with Crippen molar-refractivity contribution >= 4 is 29.5 Å². The molecule has 0 fully saturated rings. The average molecular weight is 525 g/mol. The Bertz CT molecular complexity index is 1560. The maximum Gasteiger partial charge on any atom is 0.243 e. The smallest absolute Gasteiger partial charge is 0.243 e. The molecule has 0 aliphatic heterocycles. The molecule has 1 aliphatic rings. The molecule has 0 spiro atoms. The van der Waals surface area contributed by atoms with Crippen molar-refractivity contribution in [1.82, 2.24) is 34.4 Å². The van der Waals surface area contributed by atoms with Gasteiger partial charge in [0.25, 0.3) is 0 Å². The van der Waals surface area contributed by atoms with Gasteiger partial charge in [-0.3, -0.25) is 19.2 Å². The minimum atomic E-state index is -0.0382. The van der Waals surface area contributed by atoms with Gasteiger partial charge in [0.1, 0.15) is 6.54 Å². The molecule has 11 heteroatoms. The van der Waals surface area contributed by atoms with Crippen molar-refractivity contribution in [2.75, 3.05) is 26.0 Å². The molecule has 0 bridgehead atoms. The number of benzene rings is 1. The van der Waals surface area contributed by atoms with Gasteiger partial charge in [0.2, 0.25) is 11.9 Å². The number of likely N-dealkylation sites (N-methyl/N-ethyl adjacent to an activating group) is 1. The summed E-state index contributed by atoms with van der Waals surface area (Å²) < 4.78 is 3.51. The van der Waals surface area contributed by atoms with Gasteiger partial charge in [-0.1, -0.05) is 24.3 Å². The van der Waals surface area contributed by atoms with E-state index in [1.54, 1.807) is 43.5 Å². The first-order chi connectivity index (χ1) is 18.9. The fourth-order valence-corrected chi connectivity index (χ4v) is 4.59. The largest absolute Gasteiger partial charge is 0.404 e. The second-order valence-electron chi connectivity index (χ2n) is 9.50. The fourth-order valence-electron chi connectivity index (χ4n) is 4.59. The SMILES string of the molecule is CCN=C/C(=C\N)c1ccc(-c2c3c(nn2C)CCc2cnc(Nc4ccn(CC(=O)N(C)C)n4)nc2-3)cc1. The summed E-state index contributed by atoms with van der Waals surface area (Å²) >= 11 is 0. The van der Waals surface area contributed by atoms with Crippen LogP contribution in [0.4, 0.5) is 11.8 Å². The van der Waals surface area contributed by atoms with E-state index >= 15 is 0 Å². The fraction of sp³-hybridized carbons (Fsp3) is 0.286. The first-order valence-corrected chi connectivity index (χ1v) is 12.8. The van der Waals surface area contributed by atoms with Gasteiger partial charge in [0, 0.05) is 75.3 Å². The highest BCUT2D eigenvalue weighted by molar-refractivity contribution is 6.09. The summed E-state index contributed by atoms with van der Waals surface area (Å²) in [6, 6.07) is 10.0. The number of allylic oxidation sites excluding steroid dienone is 1. The number of aryl methyl sites for hydroxylation is 3. The molecule has 1 amide bonds. The number of fused-ring (bicyclic) bond motifs is 3. The number of aromatic nitrogens is 6. The number of amides is 1. The summed E-state index contributed by atoms with van der Waals surface area (Å²) in [6.45, 7) is 2.85. The van der Waals surface area contributed by atoms with Crippen LogP contribution in [0.15, 0.2) is 53.9 Å². The number of hydrogen-bond donors (Lipinski definition) is 2. The average Bonchev–Trinajstić information content (AvgIpc) is 3.52. The Hall–Kier alpha value is -4.80. The van der Waals surface area contributed by atoms with Crippen molar-refractivity contribution in [3.63, 3.8) is 0 Å². The lowest BCUT2D eigenvalue weighted by Crippen LogP contribution is -2.26. The molecule has 39 heavy (non-hydrogen) atoms. The minimum Gasteiger partial charge on any atom is -0.404 e. The van der Waals surface area contributed by atoms with Crippen LogP contribution in [0, 0.1) is 0 Å². The first-order valence-electron chi connectivity index (χ1n) is 12.8. The Balaban J connectivity index is 1.45. The van der Waals surface area contributed by atoms with Gasteiger partial charge in [-0.25, -0.2) is 9.97 Å². The van der Waals surface area contributed by atoms with E-state index in [0.29, 0.717) is 18.3 Å². The standard InChI is InChI=1S/C28H32N10O/c1-5-30-15-21(14-29)18-6-8-19(9-7-18)27-25-22(34-37(27)4)11-10-20-16-31-28(33-26(20)25)32-23-12-13-38(35-23)17-24(39)36(2)3/h6-9,12-16H,5,10-11,17,29H2,1-4H3,(H,31,32,33,35)/b21-14+,30-15?. The van der Waals surface area contributed by atoms with Crippen LogP contribution in [0.1, 0.15) is 23.7 Å². The van der Waals surface area contributed by atoms with Crippen molar-refractivity contribution in [2.45, 2.75) is 26.3 Å². The van der Waals surface area contributed by atoms with Crippen LogP contribution < -0.4 is 11.1 Å². The molecule has 1 aromatic carbocycles. The highest BCUT2D eigenvalue weighted by atomic mass is 16.2. The molecule has 3 aromatic heterocycles. The molecule has 0 saturated carbocycles. The summed E-state index contributed by atoms with van der Waals surface area (Å²) in [4.78, 5) is 27.3. The third-order valence-electron chi connectivity index (χ3n) is 6.61. The van der Waals surface area contributed by atoms with Crippen molar-refractivity contribution in [2.24, 2.45) is 17.8 Å². The number of aliphatic imine (C=N–C) groups is 1. The van der Waals surface area contributed by atoms with E-state index in [1.807, 2.05) is 37.0 Å². The van der Waals surface area contributed by atoms with Gasteiger partial charge in [-0.15, -0.1) is 0 Å². The Morgan fingerprint density at radius 3 is 2.69 bits per heavy atom. The number of rotatable bonds is 8. The minimum absolute atomic E-state index is 0.0382. The van der Waals surface area contributed by atoms with Crippen molar-refractivity contribution in [3.8, 4) is 22.5 Å². The van der Waals surface area contributed by atoms with Crippen LogP contribution in [-0.4, -0.2) is 67.2 Å². The lowest BCUT2D eigenvalue weighted by molar-refractivity contribution is -0.129. The maximum absolute atomic E-state index is 12.0. The van der Waals surface area contributed by atoms with Crippen LogP contribution in [0.5, 0.6) is 0 Å². The van der Waals surface area contributed by atoms with Crippen LogP contribution in [0.25, 0.3) is 28.1 Å². The zero-order chi connectivity index (χ0) is 27.5. The van der Waals surface area contributed by atoms with Crippen LogP contribution in [-0.2, 0) is 31.2 Å². The molecule has 0 radical (unpaired) electrons. The van der Waals surface area contributed by atoms with E-state index in [-0.39, 0.29) is 12.5 Å². The number of carbonyl (C=O) groups excluding carboxylic acids is 1. The van der Waals surface area contributed by atoms with Gasteiger partial charge in [-0.2, -0.15) is 10.2 Å². The summed E-state index contributed by atoms with van der Waals surface area (Å²) in [5, 5.41) is 12.5. The lowest BCUT2D eigenvalue weighted by Gasteiger charge is -2.17. The van der Waals surface area contributed by atoms with Gasteiger partial charge in [-0.05, 0) is 30.9 Å². The van der Waals surface area contributed by atoms with Crippen LogP contribution in [0.3, 0.4) is 0 Å². The molecule has 11 nitrogen and oxygen atoms in total. The predicted molar refractivity (Wildman–Crippen MR) is 152 cm³/mol. The molecule has 0 saturated heterocycles. The molecule has 0 unspecified atom stereocenters. The number of anilines is 2. The normalized spacial score (nSPS) is 12.9. The summed E-state index contributed by atoms with van der Waals surface area (Å²) in [5.74, 6) is 0.961. The molecule has 4 aromatic rings. The van der Waals surface area contributed by atoms with Crippen LogP contribution >= 0.6 is 0 Å². The first kappa shape index (κ1) is 25.8. The van der Waals surface area contributed by atoms with Gasteiger partial charge in [0.15, 0.2) is 5.82 Å². The molecule has 0 atom stereocenters. The van der Waals surface area contributed by atoms with Gasteiger partial charge in [0.05, 0.1) is 17.1 Å². The van der Waals surface area contributed by atoms with E-state index in [4.69, 9.17) is 15.8 Å². The van der Waals surface area contributed by atoms with Crippen LogP contribution in [0.2, 0.25) is 0 Å². The Morgan fingerprint density at radius 1 is 1.18 bits per heavy atom. The number of hydrogen-bond acceptors (Lipinski definition) is 8. The van der Waals surface area contributed by atoms with E-state index in [9.17, 15) is 4.79 Å². The molecular weight excluding hydrogens is 492 g/mol. The number of nitrogens with one attached hydrogen (secondary N) is 1. The Labute approximate surface area is 227 Å². The number of carbonyl (C=O) groups is 1. The van der Waals surface area contributed by atoms with Gasteiger partial charge < -0.3 is 16.0 Å². The second-order valence-corrected chi connectivity index (χ2v) is 9.50. The molecule has 200 valence electrons. The van der Waals surface area contributed by atoms with E-state index in [0.717, 1.165) is 57.8 Å². The molecular formula is C28H32N10O. The van der Waals surface area contributed by atoms with Crippen molar-refractivity contribution in [1.29, 1.82) is 0 Å². The zero-order valence-corrected chi connectivity index (χ0v) is 22.6. The Kier molecular flexibility index (Phi) is 7.22. The summed E-state index contributed by atoms with van der Waals surface area (Å²) in [5.41, 5.74) is 13.7. The molecule has 1 aliphatic carbocycles. The topological polar surface area (TPSA) is 132 Å². The molecule has 3 heterocycles. The van der Waals surface area contributed by atoms with E-state index in [1.165, 1.54) is 4.90 Å². The molecule has 5 rings (SSSR count). The monoisotopic (exact) mass is 524 g/mol. The lowest BCUT2D eigenvalue weighted by atomic mass is 9.91.